The highest BCUT2D eigenvalue weighted by Crippen LogP contribution is 2.20. The fourth-order valence-electron chi connectivity index (χ4n) is 1.97. The minimum absolute atomic E-state index is 0.346. The molecule has 0 radical (unpaired) electrons. The lowest BCUT2D eigenvalue weighted by atomic mass is 10.5. The van der Waals surface area contributed by atoms with Crippen molar-refractivity contribution in [2.24, 2.45) is 0 Å². The summed E-state index contributed by atoms with van der Waals surface area (Å²) in [6.45, 7) is 10.3. The molecule has 0 aliphatic carbocycles. The van der Waals surface area contributed by atoms with Crippen LogP contribution in [0.4, 0.5) is 4.79 Å². The summed E-state index contributed by atoms with van der Waals surface area (Å²) < 4.78 is 27.1. The Morgan fingerprint density at radius 3 is 1.91 bits per heavy atom. The molecule has 0 aliphatic heterocycles. The van der Waals surface area contributed by atoms with E-state index in [2.05, 4.69) is 4.74 Å². The fourth-order valence-corrected chi connectivity index (χ4v) is 5.71. The highest BCUT2D eigenvalue weighted by atomic mass is 32.2. The Morgan fingerprint density at radius 2 is 1.39 bits per heavy atom. The molecule has 6 nitrogen and oxygen atoms in total. The Bertz CT molecular complexity index is 276. The first-order valence-corrected chi connectivity index (χ1v) is 11.5. The third kappa shape index (κ3) is 11.8. The second kappa shape index (κ2) is 15.3. The summed E-state index contributed by atoms with van der Waals surface area (Å²) >= 11 is 1.84. The molecule has 0 saturated carbocycles. The molecule has 0 amide bonds. The molecule has 138 valence electrons. The third-order valence-electron chi connectivity index (χ3n) is 2.78. The van der Waals surface area contributed by atoms with Gasteiger partial charge >= 0.3 is 15.0 Å². The van der Waals surface area contributed by atoms with Crippen molar-refractivity contribution in [1.29, 1.82) is 0 Å². The van der Waals surface area contributed by atoms with Crippen LogP contribution in [-0.4, -0.2) is 59.5 Å². The van der Waals surface area contributed by atoms with Crippen molar-refractivity contribution in [3.8, 4) is 0 Å². The van der Waals surface area contributed by atoms with E-state index in [1.54, 1.807) is 6.92 Å². The van der Waals surface area contributed by atoms with Gasteiger partial charge in [-0.2, -0.15) is 11.8 Å². The summed E-state index contributed by atoms with van der Waals surface area (Å²) in [6.07, 6.45) is 1.24. The lowest BCUT2D eigenvalue weighted by molar-refractivity contribution is 0.0593. The quantitative estimate of drug-likeness (QED) is 0.248. The summed E-state index contributed by atoms with van der Waals surface area (Å²) in [5.41, 5.74) is 0. The first-order chi connectivity index (χ1) is 11.1. The average Bonchev–Trinajstić information content (AvgIpc) is 2.51. The molecule has 0 heterocycles. The summed E-state index contributed by atoms with van der Waals surface area (Å²) in [4.78, 5) is 11.0. The van der Waals surface area contributed by atoms with Crippen LogP contribution in [0.1, 0.15) is 40.5 Å². The van der Waals surface area contributed by atoms with Crippen LogP contribution in [0.3, 0.4) is 0 Å². The Labute approximate surface area is 145 Å². The van der Waals surface area contributed by atoms with Crippen molar-refractivity contribution in [2.45, 2.75) is 46.6 Å². The van der Waals surface area contributed by atoms with E-state index in [-0.39, 0.29) is 0 Å². The van der Waals surface area contributed by atoms with Crippen LogP contribution in [0, 0.1) is 0 Å². The Hall–Kier alpha value is -0.283. The molecular weight excluding hydrogens is 336 g/mol. The molecule has 23 heavy (non-hydrogen) atoms. The van der Waals surface area contributed by atoms with Gasteiger partial charge in [-0.1, -0.05) is 0 Å². The second-order valence-corrected chi connectivity index (χ2v) is 8.54. The Kier molecular flexibility index (Phi) is 15.1. The summed E-state index contributed by atoms with van der Waals surface area (Å²) in [6, 6.07) is 0.842. The lowest BCUT2D eigenvalue weighted by Gasteiger charge is -2.28. The monoisotopic (exact) mass is 368 g/mol. The van der Waals surface area contributed by atoms with Gasteiger partial charge in [-0.05, 0) is 52.0 Å². The predicted molar refractivity (Wildman–Crippen MR) is 95.0 cm³/mol. The van der Waals surface area contributed by atoms with Crippen molar-refractivity contribution < 1.29 is 27.5 Å². The molecule has 0 aromatic carbocycles. The normalized spacial score (nSPS) is 11.5. The average molecular weight is 369 g/mol. The van der Waals surface area contributed by atoms with Crippen LogP contribution in [0.25, 0.3) is 0 Å². The van der Waals surface area contributed by atoms with E-state index >= 15 is 0 Å². The van der Waals surface area contributed by atoms with E-state index in [9.17, 15) is 4.79 Å². The molecule has 0 saturated heterocycles. The fraction of sp³-hybridized carbons (Fsp3) is 0.933. The number of hydrogen-bond donors (Lipinski definition) is 0. The highest BCUT2D eigenvalue weighted by Gasteiger charge is 2.39. The first-order valence-electron chi connectivity index (χ1n) is 8.43. The van der Waals surface area contributed by atoms with Gasteiger partial charge in [0.05, 0.1) is 13.2 Å². The molecule has 8 heteroatoms. The van der Waals surface area contributed by atoms with Crippen molar-refractivity contribution in [1.82, 2.24) is 0 Å². The van der Waals surface area contributed by atoms with Gasteiger partial charge in [-0.3, -0.25) is 0 Å². The third-order valence-corrected chi connectivity index (χ3v) is 7.09. The van der Waals surface area contributed by atoms with Crippen molar-refractivity contribution in [3.63, 3.8) is 0 Å². The number of rotatable bonds is 15. The van der Waals surface area contributed by atoms with Gasteiger partial charge in [0.2, 0.25) is 0 Å². The lowest BCUT2D eigenvalue weighted by Crippen LogP contribution is -2.46. The van der Waals surface area contributed by atoms with Gasteiger partial charge in [0.15, 0.2) is 0 Å². The minimum Gasteiger partial charge on any atom is -0.435 e. The minimum atomic E-state index is -2.49. The van der Waals surface area contributed by atoms with Gasteiger partial charge in [-0.15, -0.1) is 0 Å². The van der Waals surface area contributed by atoms with E-state index < -0.39 is 15.0 Å². The van der Waals surface area contributed by atoms with Crippen LogP contribution < -0.4 is 0 Å². The van der Waals surface area contributed by atoms with Crippen LogP contribution >= 0.6 is 11.8 Å². The van der Waals surface area contributed by atoms with Crippen LogP contribution in [0.15, 0.2) is 0 Å². The number of hydrogen-bond acceptors (Lipinski definition) is 7. The van der Waals surface area contributed by atoms with Gasteiger partial charge in [-0.25, -0.2) is 4.79 Å². The molecule has 0 fully saturated rings. The largest absolute Gasteiger partial charge is 0.508 e. The highest BCUT2D eigenvalue weighted by molar-refractivity contribution is 7.99. The van der Waals surface area contributed by atoms with Gasteiger partial charge in [0.25, 0.3) is 0 Å². The van der Waals surface area contributed by atoms with Crippen LogP contribution in [-0.2, 0) is 22.8 Å². The van der Waals surface area contributed by atoms with E-state index in [0.717, 1.165) is 30.4 Å². The second-order valence-electron chi connectivity index (χ2n) is 4.58. The first kappa shape index (κ1) is 22.7. The van der Waals surface area contributed by atoms with Crippen molar-refractivity contribution in [3.05, 3.63) is 0 Å². The Balaban J connectivity index is 3.78. The van der Waals surface area contributed by atoms with Crippen molar-refractivity contribution in [2.75, 3.05) is 44.5 Å². The number of ether oxygens (including phenoxy) is 2. The smallest absolute Gasteiger partial charge is 0.435 e. The van der Waals surface area contributed by atoms with E-state index in [1.165, 1.54) is 0 Å². The van der Waals surface area contributed by atoms with Gasteiger partial charge < -0.3 is 22.8 Å². The standard InChI is InChI=1S/C15H32O6SSi/c1-5-17-15(16)18-11-9-12-22-13-10-14-23(19-6-2,20-7-3)21-8-4/h5-14H2,1-4H3. The zero-order valence-electron chi connectivity index (χ0n) is 14.9. The predicted octanol–water partition coefficient (Wildman–Crippen LogP) is 3.72. The molecule has 0 rings (SSSR count). The molecular formula is C15H32O6SSi. The molecule has 0 aromatic heterocycles. The number of thioether (sulfide) groups is 1. The maximum Gasteiger partial charge on any atom is 0.508 e. The van der Waals surface area contributed by atoms with Crippen molar-refractivity contribution >= 4 is 26.7 Å². The van der Waals surface area contributed by atoms with Crippen LogP contribution in [0.2, 0.25) is 6.04 Å². The zero-order chi connectivity index (χ0) is 17.4. The number of carbonyl (C=O) groups is 1. The maximum absolute atomic E-state index is 11.0. The van der Waals surface area contributed by atoms with E-state index in [0.29, 0.717) is 33.0 Å². The van der Waals surface area contributed by atoms with Crippen LogP contribution in [0.5, 0.6) is 0 Å². The Morgan fingerprint density at radius 1 is 0.826 bits per heavy atom. The van der Waals surface area contributed by atoms with E-state index in [1.807, 2.05) is 32.5 Å². The van der Waals surface area contributed by atoms with Gasteiger partial charge in [0, 0.05) is 25.9 Å². The molecule has 0 aromatic rings. The zero-order valence-corrected chi connectivity index (χ0v) is 16.7. The summed E-state index contributed by atoms with van der Waals surface area (Å²) in [5, 5.41) is 0. The summed E-state index contributed by atoms with van der Waals surface area (Å²) in [5.74, 6) is 1.97. The molecule has 0 N–H and O–H groups in total. The molecule has 0 unspecified atom stereocenters. The maximum atomic E-state index is 11.0. The topological polar surface area (TPSA) is 63.2 Å². The molecule has 0 aliphatic rings. The molecule has 0 bridgehead atoms. The van der Waals surface area contributed by atoms with Gasteiger partial charge in [0.1, 0.15) is 0 Å². The molecule has 0 atom stereocenters. The number of carbonyl (C=O) groups excluding carboxylic acids is 1. The van der Waals surface area contributed by atoms with E-state index in [4.69, 9.17) is 18.0 Å². The molecule has 0 spiro atoms. The SMILES string of the molecule is CCOC(=O)OCCCSCCC[Si](OCC)(OCC)OCC. The summed E-state index contributed by atoms with van der Waals surface area (Å²) in [7, 11) is -2.49.